The minimum atomic E-state index is 0.0473. The molecule has 1 heterocycles. The zero-order valence-corrected chi connectivity index (χ0v) is 20.7. The summed E-state index contributed by atoms with van der Waals surface area (Å²) in [6.07, 6.45) is 8.42. The van der Waals surface area contributed by atoms with E-state index in [1.165, 1.54) is 37.7 Å². The maximum Gasteiger partial charge on any atom is 0.162 e. The third-order valence-electron chi connectivity index (χ3n) is 5.76. The molecule has 1 unspecified atom stereocenters. The summed E-state index contributed by atoms with van der Waals surface area (Å²) in [5, 5.41) is 6.46. The molecule has 32 heavy (non-hydrogen) atoms. The highest BCUT2D eigenvalue weighted by atomic mass is 79.9. The minimum Gasteiger partial charge on any atom is -0.375 e. The summed E-state index contributed by atoms with van der Waals surface area (Å²) in [6, 6.07) is 10.5. The first kappa shape index (κ1) is 24.6. The van der Waals surface area contributed by atoms with Crippen LogP contribution in [0.4, 0.5) is 11.5 Å². The van der Waals surface area contributed by atoms with Crippen molar-refractivity contribution in [1.82, 2.24) is 10.3 Å². The highest BCUT2D eigenvalue weighted by molar-refractivity contribution is 9.10. The van der Waals surface area contributed by atoms with Gasteiger partial charge in [-0.15, -0.1) is 0 Å². The SMILES string of the molecule is C=NC(=Nc1ccc(C2CCCCC2)cc1)c1cc(Br)cnc1NCC(C)OCCNC. The summed E-state index contributed by atoms with van der Waals surface area (Å²) in [6.45, 7) is 7.91. The average molecular weight is 500 g/mol. The van der Waals surface area contributed by atoms with Crippen molar-refractivity contribution in [2.45, 2.75) is 51.0 Å². The van der Waals surface area contributed by atoms with Gasteiger partial charge in [0.25, 0.3) is 0 Å². The molecule has 7 heteroatoms. The Morgan fingerprint density at radius 1 is 1.25 bits per heavy atom. The van der Waals surface area contributed by atoms with Gasteiger partial charge in [-0.05, 0) is 79.1 Å². The molecule has 0 spiro atoms. The predicted octanol–water partition coefficient (Wildman–Crippen LogP) is 5.71. The van der Waals surface area contributed by atoms with Gasteiger partial charge in [-0.1, -0.05) is 31.4 Å². The molecule has 3 rings (SSSR count). The van der Waals surface area contributed by atoms with Crippen LogP contribution in [0.3, 0.4) is 0 Å². The van der Waals surface area contributed by atoms with Gasteiger partial charge in [0.15, 0.2) is 5.84 Å². The molecule has 0 radical (unpaired) electrons. The Morgan fingerprint density at radius 3 is 2.69 bits per heavy atom. The van der Waals surface area contributed by atoms with Gasteiger partial charge >= 0.3 is 0 Å². The number of anilines is 1. The van der Waals surface area contributed by atoms with Crippen LogP contribution in [-0.4, -0.2) is 50.4 Å². The number of nitrogens with one attached hydrogen (secondary N) is 2. The van der Waals surface area contributed by atoms with Crippen LogP contribution in [0.25, 0.3) is 0 Å². The van der Waals surface area contributed by atoms with E-state index in [1.807, 2.05) is 20.0 Å². The van der Waals surface area contributed by atoms with E-state index in [-0.39, 0.29) is 6.10 Å². The van der Waals surface area contributed by atoms with E-state index in [0.29, 0.717) is 30.7 Å². The summed E-state index contributed by atoms with van der Waals surface area (Å²) in [7, 11) is 1.91. The summed E-state index contributed by atoms with van der Waals surface area (Å²) >= 11 is 3.52. The maximum atomic E-state index is 5.78. The van der Waals surface area contributed by atoms with E-state index in [4.69, 9.17) is 9.73 Å². The maximum absolute atomic E-state index is 5.78. The number of ether oxygens (including phenoxy) is 1. The third kappa shape index (κ3) is 7.22. The van der Waals surface area contributed by atoms with E-state index < -0.39 is 0 Å². The lowest BCUT2D eigenvalue weighted by molar-refractivity contribution is 0.0776. The monoisotopic (exact) mass is 499 g/mol. The van der Waals surface area contributed by atoms with Gasteiger partial charge in [-0.25, -0.2) is 15.0 Å². The number of halogens is 1. The smallest absolute Gasteiger partial charge is 0.162 e. The molecule has 1 aliphatic carbocycles. The van der Waals surface area contributed by atoms with E-state index in [9.17, 15) is 0 Å². The Bertz CT molecular complexity index is 894. The topological polar surface area (TPSA) is 70.9 Å². The first-order chi connectivity index (χ1) is 15.6. The molecule has 0 aliphatic heterocycles. The molecular formula is C25H34BrN5O. The van der Waals surface area contributed by atoms with E-state index in [2.05, 4.69) is 67.5 Å². The standard InChI is InChI=1S/C25H34BrN5O/c1-18(32-14-13-27-2)16-29-25-23(15-21(26)17-30-25)24(28-3)31-22-11-9-20(10-12-22)19-7-5-4-6-8-19/h9-12,15,17-19,27H,3-8,13-14,16H2,1-2H3,(H,29,30). The van der Waals surface area contributed by atoms with Crippen molar-refractivity contribution in [3.8, 4) is 0 Å². The van der Waals surface area contributed by atoms with E-state index >= 15 is 0 Å². The van der Waals surface area contributed by atoms with Crippen LogP contribution in [-0.2, 0) is 4.74 Å². The Hall–Kier alpha value is -2.09. The van der Waals surface area contributed by atoms with Crippen LogP contribution in [0.2, 0.25) is 0 Å². The van der Waals surface area contributed by atoms with Crippen LogP contribution in [0.5, 0.6) is 0 Å². The van der Waals surface area contributed by atoms with Gasteiger partial charge in [-0.2, -0.15) is 0 Å². The molecule has 2 N–H and O–H groups in total. The van der Waals surface area contributed by atoms with Crippen molar-refractivity contribution < 1.29 is 4.74 Å². The Morgan fingerprint density at radius 2 is 2.00 bits per heavy atom. The molecule has 1 fully saturated rings. The average Bonchev–Trinajstić information content (AvgIpc) is 2.83. The van der Waals surface area contributed by atoms with E-state index in [0.717, 1.165) is 22.3 Å². The van der Waals surface area contributed by atoms with Crippen LogP contribution in [0.15, 0.2) is 51.0 Å². The molecule has 6 nitrogen and oxygen atoms in total. The number of aromatic nitrogens is 1. The van der Waals surface area contributed by atoms with Crippen molar-refractivity contribution in [3.05, 3.63) is 52.1 Å². The third-order valence-corrected chi connectivity index (χ3v) is 6.19. The second-order valence-electron chi connectivity index (χ2n) is 8.24. The van der Waals surface area contributed by atoms with Crippen LogP contribution in [0, 0.1) is 0 Å². The molecule has 1 aliphatic rings. The second-order valence-corrected chi connectivity index (χ2v) is 9.15. The molecule has 1 saturated carbocycles. The highest BCUT2D eigenvalue weighted by Gasteiger charge is 2.16. The Kier molecular flexibility index (Phi) is 9.84. The van der Waals surface area contributed by atoms with Gasteiger partial charge in [0, 0.05) is 23.8 Å². The molecule has 0 saturated heterocycles. The highest BCUT2D eigenvalue weighted by Crippen LogP contribution is 2.33. The molecule has 0 amide bonds. The molecular weight excluding hydrogens is 466 g/mol. The normalized spacial score (nSPS) is 16.0. The number of nitrogens with zero attached hydrogens (tertiary/aromatic N) is 3. The molecule has 172 valence electrons. The van der Waals surface area contributed by atoms with Crippen LogP contribution < -0.4 is 10.6 Å². The number of pyridine rings is 1. The number of hydrogen-bond donors (Lipinski definition) is 2. The number of amidine groups is 1. The van der Waals surface area contributed by atoms with E-state index in [1.54, 1.807) is 6.20 Å². The summed E-state index contributed by atoms with van der Waals surface area (Å²) in [5.41, 5.74) is 3.07. The fraction of sp³-hybridized carbons (Fsp3) is 0.480. The van der Waals surface area contributed by atoms with Crippen molar-refractivity contribution in [2.24, 2.45) is 9.98 Å². The molecule has 0 bridgehead atoms. The summed E-state index contributed by atoms with van der Waals surface area (Å²) in [5.74, 6) is 1.93. The van der Waals surface area contributed by atoms with Gasteiger partial charge in [0.05, 0.1) is 24.0 Å². The number of hydrogen-bond acceptors (Lipinski definition) is 5. The van der Waals surface area contributed by atoms with Gasteiger partial charge in [-0.3, -0.25) is 0 Å². The number of likely N-dealkylation sites (N-methyl/N-ethyl adjacent to an activating group) is 1. The second kappa shape index (κ2) is 12.8. The predicted molar refractivity (Wildman–Crippen MR) is 138 cm³/mol. The lowest BCUT2D eigenvalue weighted by Crippen LogP contribution is -2.25. The number of aliphatic imine (C=N–C) groups is 2. The van der Waals surface area contributed by atoms with Gasteiger partial charge in [0.1, 0.15) is 5.82 Å². The zero-order chi connectivity index (χ0) is 22.8. The van der Waals surface area contributed by atoms with Crippen molar-refractivity contribution in [1.29, 1.82) is 0 Å². The lowest BCUT2D eigenvalue weighted by Gasteiger charge is -2.21. The van der Waals surface area contributed by atoms with Gasteiger partial charge < -0.3 is 15.4 Å². The summed E-state index contributed by atoms with van der Waals surface area (Å²) < 4.78 is 6.64. The van der Waals surface area contributed by atoms with Crippen LogP contribution >= 0.6 is 15.9 Å². The van der Waals surface area contributed by atoms with Gasteiger partial charge in [0.2, 0.25) is 0 Å². The largest absolute Gasteiger partial charge is 0.375 e. The van der Waals surface area contributed by atoms with Crippen LogP contribution in [0.1, 0.15) is 56.1 Å². The molecule has 2 aromatic rings. The minimum absolute atomic E-state index is 0.0473. The molecule has 1 aromatic heterocycles. The Balaban J connectivity index is 1.74. The Labute approximate surface area is 200 Å². The fourth-order valence-corrected chi connectivity index (χ4v) is 4.30. The van der Waals surface area contributed by atoms with Crippen molar-refractivity contribution in [2.75, 3.05) is 32.1 Å². The lowest BCUT2D eigenvalue weighted by atomic mass is 9.84. The fourth-order valence-electron chi connectivity index (χ4n) is 3.97. The number of rotatable bonds is 10. The zero-order valence-electron chi connectivity index (χ0n) is 19.1. The molecule has 1 aromatic carbocycles. The summed E-state index contributed by atoms with van der Waals surface area (Å²) in [4.78, 5) is 13.5. The van der Waals surface area contributed by atoms with Crippen molar-refractivity contribution >= 4 is 40.0 Å². The first-order valence-electron chi connectivity index (χ1n) is 11.4. The van der Waals surface area contributed by atoms with Crippen molar-refractivity contribution in [3.63, 3.8) is 0 Å². The number of benzene rings is 1. The molecule has 1 atom stereocenters. The first-order valence-corrected chi connectivity index (χ1v) is 12.2. The quantitative estimate of drug-likeness (QED) is 0.249.